The van der Waals surface area contributed by atoms with Gasteiger partial charge in [-0.05, 0) is 50.7 Å². The van der Waals surface area contributed by atoms with Gasteiger partial charge in [0.2, 0.25) is 5.95 Å². The van der Waals surface area contributed by atoms with Crippen LogP contribution in [0.3, 0.4) is 0 Å². The lowest BCUT2D eigenvalue weighted by atomic mass is 9.96. The molecule has 2 aromatic rings. The molecule has 204 valence electrons. The number of aryl methyl sites for hydroxylation is 1. The second-order valence-electron chi connectivity index (χ2n) is 9.18. The van der Waals surface area contributed by atoms with E-state index in [1.54, 1.807) is 19.1 Å². The zero-order valence-corrected chi connectivity index (χ0v) is 22.1. The maximum Gasteiger partial charge on any atom is 0.419 e. The summed E-state index contributed by atoms with van der Waals surface area (Å²) in [6.45, 7) is 4.09. The number of aromatic nitrogens is 3. The Morgan fingerprint density at radius 2 is 1.62 bits per heavy atom. The van der Waals surface area contributed by atoms with E-state index >= 15 is 0 Å². The maximum atomic E-state index is 12.5. The molecule has 2 aliphatic rings. The molecule has 1 aliphatic carbocycles. The highest BCUT2D eigenvalue weighted by Crippen LogP contribution is 2.29. The van der Waals surface area contributed by atoms with E-state index in [9.17, 15) is 21.6 Å². The van der Waals surface area contributed by atoms with E-state index in [2.05, 4.69) is 27.8 Å². The normalized spacial score (nSPS) is 17.2. The second-order valence-corrected chi connectivity index (χ2v) is 11.1. The number of alkyl halides is 3. The first-order valence-corrected chi connectivity index (χ1v) is 14.1. The molecule has 1 saturated carbocycles. The van der Waals surface area contributed by atoms with E-state index in [-0.39, 0.29) is 5.03 Å². The predicted molar refractivity (Wildman–Crippen MR) is 137 cm³/mol. The Morgan fingerprint density at radius 3 is 2.11 bits per heavy atom. The Hall–Kier alpha value is -2.71. The lowest BCUT2D eigenvalue weighted by molar-refractivity contribution is -0.138. The Kier molecular flexibility index (Phi) is 11.8. The topological polar surface area (TPSA) is 85.3 Å². The summed E-state index contributed by atoms with van der Waals surface area (Å²) in [6, 6.07) is 4.93. The molecule has 2 aromatic heterocycles. The number of hydrogen-bond acceptors (Lipinski definition) is 7. The van der Waals surface area contributed by atoms with Gasteiger partial charge >= 0.3 is 6.18 Å². The summed E-state index contributed by atoms with van der Waals surface area (Å²) in [6.07, 6.45) is 15.1. The average molecular weight is 541 g/mol. The van der Waals surface area contributed by atoms with Crippen LogP contribution in [0.5, 0.6) is 0 Å². The summed E-state index contributed by atoms with van der Waals surface area (Å²) in [7, 11) is -3.14. The van der Waals surface area contributed by atoms with Crippen molar-refractivity contribution in [2.75, 3.05) is 30.9 Å². The van der Waals surface area contributed by atoms with Gasteiger partial charge in [0.25, 0.3) is 0 Å². The molecule has 7 nitrogen and oxygen atoms in total. The number of nitrogens with zero attached hydrogens (tertiary/aromatic N) is 4. The summed E-state index contributed by atoms with van der Waals surface area (Å²) < 4.78 is 65.5. The first-order valence-electron chi connectivity index (χ1n) is 12.2. The molecule has 0 N–H and O–H groups in total. The Labute approximate surface area is 217 Å². The smallest absolute Gasteiger partial charge is 0.378 e. The van der Waals surface area contributed by atoms with Gasteiger partial charge in [0.15, 0.2) is 14.9 Å². The summed E-state index contributed by atoms with van der Waals surface area (Å²) in [5.74, 6) is 0.910. The van der Waals surface area contributed by atoms with Crippen molar-refractivity contribution in [3.63, 3.8) is 0 Å². The molecule has 0 radical (unpaired) electrons. The van der Waals surface area contributed by atoms with Crippen LogP contribution in [0.4, 0.5) is 19.1 Å². The van der Waals surface area contributed by atoms with Gasteiger partial charge in [0.1, 0.15) is 0 Å². The van der Waals surface area contributed by atoms with Gasteiger partial charge in [-0.15, -0.1) is 12.8 Å². The van der Waals surface area contributed by atoms with Crippen LogP contribution in [0, 0.1) is 25.7 Å². The minimum absolute atomic E-state index is 0.137. The monoisotopic (exact) mass is 540 g/mol. The van der Waals surface area contributed by atoms with Crippen LogP contribution in [0.1, 0.15) is 56.2 Å². The Morgan fingerprint density at radius 1 is 1.03 bits per heavy atom. The van der Waals surface area contributed by atoms with Crippen molar-refractivity contribution in [3.8, 4) is 12.8 Å². The molecule has 0 aromatic carbocycles. The van der Waals surface area contributed by atoms with Crippen LogP contribution in [0.2, 0.25) is 0 Å². The number of anilines is 1. The fraction of sp³-hybridized carbons (Fsp3) is 0.577. The van der Waals surface area contributed by atoms with Crippen molar-refractivity contribution >= 4 is 15.8 Å². The number of terminal acetylenes is 1. The molecule has 1 aliphatic heterocycles. The van der Waals surface area contributed by atoms with Crippen molar-refractivity contribution in [2.24, 2.45) is 5.92 Å². The van der Waals surface area contributed by atoms with Crippen LogP contribution in [-0.2, 0) is 20.8 Å². The molecule has 11 heteroatoms. The number of sulfone groups is 1. The van der Waals surface area contributed by atoms with E-state index < -0.39 is 21.6 Å². The highest BCUT2D eigenvalue weighted by atomic mass is 32.2. The Balaban J connectivity index is 0.000000311. The molecule has 0 bridgehead atoms. The van der Waals surface area contributed by atoms with Crippen molar-refractivity contribution in [2.45, 2.75) is 69.2 Å². The molecule has 0 spiro atoms. The van der Waals surface area contributed by atoms with Gasteiger partial charge in [-0.3, -0.25) is 0 Å². The highest BCUT2D eigenvalue weighted by Gasteiger charge is 2.32. The number of ether oxygens (including phenoxy) is 1. The zero-order valence-electron chi connectivity index (χ0n) is 21.3. The zero-order chi connectivity index (χ0) is 27.5. The van der Waals surface area contributed by atoms with E-state index in [1.807, 2.05) is 4.90 Å². The van der Waals surface area contributed by atoms with Crippen LogP contribution >= 0.6 is 0 Å². The second kappa shape index (κ2) is 14.3. The van der Waals surface area contributed by atoms with Crippen LogP contribution in [-0.4, -0.2) is 55.4 Å². The minimum atomic E-state index is -4.39. The minimum Gasteiger partial charge on any atom is -0.378 e. The molecule has 0 unspecified atom stereocenters. The van der Waals surface area contributed by atoms with Gasteiger partial charge in [-0.25, -0.2) is 23.4 Å². The summed E-state index contributed by atoms with van der Waals surface area (Å²) in [5, 5.41) is 0.137. The number of pyridine rings is 1. The van der Waals surface area contributed by atoms with E-state index in [4.69, 9.17) is 4.74 Å². The van der Waals surface area contributed by atoms with E-state index in [0.29, 0.717) is 23.7 Å². The van der Waals surface area contributed by atoms with Crippen LogP contribution < -0.4 is 4.90 Å². The Bertz CT molecular complexity index is 1080. The van der Waals surface area contributed by atoms with Crippen LogP contribution in [0.15, 0.2) is 35.6 Å². The summed E-state index contributed by atoms with van der Waals surface area (Å²) in [5.41, 5.74) is -0.0880. The molecule has 2 fully saturated rings. The predicted octanol–water partition coefficient (Wildman–Crippen LogP) is 5.10. The third-order valence-corrected chi connectivity index (χ3v) is 7.21. The molecule has 3 heterocycles. The van der Waals surface area contributed by atoms with Crippen molar-refractivity contribution in [1.29, 1.82) is 0 Å². The average Bonchev–Trinajstić information content (AvgIpc) is 2.89. The number of rotatable bonds is 5. The molecule has 0 atom stereocenters. The quantitative estimate of drug-likeness (QED) is 0.488. The lowest BCUT2D eigenvalue weighted by Crippen LogP contribution is -2.36. The fourth-order valence-corrected chi connectivity index (χ4v) is 4.79. The lowest BCUT2D eigenvalue weighted by Gasteiger charge is -2.33. The van der Waals surface area contributed by atoms with Gasteiger partial charge in [0.05, 0.1) is 11.7 Å². The number of hydrogen-bond donors (Lipinski definition) is 0. The molecular formula is C26H35F3N4O3S. The van der Waals surface area contributed by atoms with Gasteiger partial charge in [-0.2, -0.15) is 13.2 Å². The number of piperidine rings is 1. The van der Waals surface area contributed by atoms with Gasteiger partial charge in [0, 0.05) is 44.0 Å². The SMILES string of the molecule is C#C.Cc1cccc(S(C)(=O)=O)n1.FC(F)(F)c1cnc(N2CCC(COC3CCCCC3)CC2)nc1. The molecule has 37 heavy (non-hydrogen) atoms. The third kappa shape index (κ3) is 10.3. The first-order chi connectivity index (χ1) is 17.5. The standard InChI is InChI=1S/C17H24F3N3O.C7H9NO2S.C2H2/c18-17(19,20)14-10-21-16(22-11-14)23-8-6-13(7-9-23)12-24-15-4-2-1-3-5-15;1-6-4-3-5-7(8-6)11(2,9)10;1-2/h10-11,13,15H,1-9,12H2;3-5H,1-2H3;1-2H. The van der Waals surface area contributed by atoms with Crippen molar-refractivity contribution in [1.82, 2.24) is 15.0 Å². The van der Waals surface area contributed by atoms with E-state index in [1.165, 1.54) is 38.2 Å². The summed E-state index contributed by atoms with van der Waals surface area (Å²) >= 11 is 0. The maximum absolute atomic E-state index is 12.5. The summed E-state index contributed by atoms with van der Waals surface area (Å²) in [4.78, 5) is 13.6. The van der Waals surface area contributed by atoms with E-state index in [0.717, 1.165) is 51.2 Å². The molecule has 4 rings (SSSR count). The molecular weight excluding hydrogens is 505 g/mol. The van der Waals surface area contributed by atoms with Crippen molar-refractivity contribution < 1.29 is 26.3 Å². The van der Waals surface area contributed by atoms with Gasteiger partial charge < -0.3 is 9.64 Å². The first kappa shape index (κ1) is 30.5. The molecule has 0 amide bonds. The van der Waals surface area contributed by atoms with Crippen LogP contribution in [0.25, 0.3) is 0 Å². The highest BCUT2D eigenvalue weighted by molar-refractivity contribution is 7.90. The van der Waals surface area contributed by atoms with Gasteiger partial charge in [-0.1, -0.05) is 25.3 Å². The van der Waals surface area contributed by atoms with Crippen molar-refractivity contribution in [3.05, 3.63) is 41.9 Å². The number of halogens is 3. The molecule has 1 saturated heterocycles. The fourth-order valence-electron chi connectivity index (χ4n) is 4.16. The largest absolute Gasteiger partial charge is 0.419 e. The third-order valence-electron chi connectivity index (χ3n) is 6.23.